The molecule has 6 heteroatoms. The maximum atomic E-state index is 11.5. The highest BCUT2D eigenvalue weighted by molar-refractivity contribution is 9.10. The van der Waals surface area contributed by atoms with Crippen LogP contribution < -0.4 is 10.2 Å². The van der Waals surface area contributed by atoms with Crippen LogP contribution >= 0.6 is 15.9 Å². The van der Waals surface area contributed by atoms with Gasteiger partial charge in [-0.15, -0.1) is 0 Å². The van der Waals surface area contributed by atoms with Crippen molar-refractivity contribution in [3.05, 3.63) is 28.2 Å². The Hall–Kier alpha value is -1.69. The molecule has 1 aromatic carbocycles. The molecule has 1 N–H and O–H groups in total. The summed E-state index contributed by atoms with van der Waals surface area (Å²) < 4.78 is 0.768. The molecule has 2 rings (SSSR count). The summed E-state index contributed by atoms with van der Waals surface area (Å²) in [4.78, 5) is 34.7. The molecule has 0 bridgehead atoms. The van der Waals surface area contributed by atoms with Gasteiger partial charge in [-0.1, -0.05) is 22.0 Å². The van der Waals surface area contributed by atoms with Crippen molar-refractivity contribution in [3.8, 4) is 0 Å². The molecule has 1 fully saturated rings. The third kappa shape index (κ3) is 1.51. The fraction of sp³-hybridized carbons (Fsp3) is 0.100. The quantitative estimate of drug-likeness (QED) is 0.624. The minimum atomic E-state index is -0.899. The fourth-order valence-corrected chi connectivity index (χ4v) is 1.81. The number of carbonyl (C=O) groups excluding carboxylic acids is 3. The van der Waals surface area contributed by atoms with Crippen molar-refractivity contribution in [3.63, 3.8) is 0 Å². The fourth-order valence-electron chi connectivity index (χ4n) is 1.46. The normalized spacial score (nSPS) is 15.6. The second kappa shape index (κ2) is 3.71. The lowest BCUT2D eigenvalue weighted by atomic mass is 10.2. The van der Waals surface area contributed by atoms with E-state index in [0.29, 0.717) is 5.69 Å². The van der Waals surface area contributed by atoms with Crippen LogP contribution in [-0.2, 0) is 9.59 Å². The molecule has 1 aliphatic heterocycles. The van der Waals surface area contributed by atoms with Crippen LogP contribution in [0.3, 0.4) is 0 Å². The second-order valence-corrected chi connectivity index (χ2v) is 4.14. The van der Waals surface area contributed by atoms with Crippen LogP contribution in [0.1, 0.15) is 5.56 Å². The number of hydrogen-bond acceptors (Lipinski definition) is 3. The van der Waals surface area contributed by atoms with E-state index in [1.54, 1.807) is 25.1 Å². The average molecular weight is 283 g/mol. The van der Waals surface area contributed by atoms with Gasteiger partial charge in [-0.2, -0.15) is 0 Å². The van der Waals surface area contributed by atoms with Crippen LogP contribution in [0.15, 0.2) is 22.7 Å². The zero-order valence-electron chi connectivity index (χ0n) is 8.28. The Bertz CT molecular complexity index is 513. The summed E-state index contributed by atoms with van der Waals surface area (Å²) in [5.41, 5.74) is 1.13. The predicted octanol–water partition coefficient (Wildman–Crippen LogP) is 1.34. The molecule has 16 heavy (non-hydrogen) atoms. The molecule has 0 aromatic heterocycles. The number of carbonyl (C=O) groups is 3. The van der Waals surface area contributed by atoms with E-state index in [0.717, 1.165) is 14.9 Å². The summed E-state index contributed by atoms with van der Waals surface area (Å²) in [6.07, 6.45) is 0. The van der Waals surface area contributed by atoms with Crippen LogP contribution in [0.2, 0.25) is 0 Å². The molecule has 0 unspecified atom stereocenters. The van der Waals surface area contributed by atoms with Gasteiger partial charge in [0, 0.05) is 4.47 Å². The molecule has 1 saturated heterocycles. The van der Waals surface area contributed by atoms with Crippen molar-refractivity contribution >= 4 is 39.5 Å². The first-order valence-electron chi connectivity index (χ1n) is 4.47. The molecule has 4 amide bonds. The van der Waals surface area contributed by atoms with E-state index < -0.39 is 17.8 Å². The largest absolute Gasteiger partial charge is 0.336 e. The summed E-state index contributed by atoms with van der Waals surface area (Å²) in [6.45, 7) is 1.75. The number of amides is 4. The zero-order valence-corrected chi connectivity index (χ0v) is 9.87. The molecule has 1 aromatic rings. The molecule has 5 nitrogen and oxygen atoms in total. The first kappa shape index (κ1) is 10.8. The molecular formula is C10H7BrN2O3. The van der Waals surface area contributed by atoms with Gasteiger partial charge >= 0.3 is 17.8 Å². The van der Waals surface area contributed by atoms with Crippen molar-refractivity contribution in [2.24, 2.45) is 0 Å². The number of rotatable bonds is 1. The number of anilines is 1. The monoisotopic (exact) mass is 282 g/mol. The van der Waals surface area contributed by atoms with Gasteiger partial charge in [0.25, 0.3) is 0 Å². The summed E-state index contributed by atoms with van der Waals surface area (Å²) in [5, 5.41) is 1.95. The molecular weight excluding hydrogens is 276 g/mol. The van der Waals surface area contributed by atoms with E-state index in [1.165, 1.54) is 0 Å². The number of nitrogens with zero attached hydrogens (tertiary/aromatic N) is 1. The SMILES string of the molecule is Cc1c(Br)cccc1N1C(=O)NC(=O)C1=O. The Morgan fingerprint density at radius 3 is 2.50 bits per heavy atom. The van der Waals surface area contributed by atoms with Crippen molar-refractivity contribution < 1.29 is 14.4 Å². The third-order valence-corrected chi connectivity index (χ3v) is 3.16. The highest BCUT2D eigenvalue weighted by atomic mass is 79.9. The number of urea groups is 1. The van der Waals surface area contributed by atoms with Gasteiger partial charge in [0.05, 0.1) is 5.69 Å². The first-order chi connectivity index (χ1) is 7.52. The smallest absolute Gasteiger partial charge is 0.269 e. The van der Waals surface area contributed by atoms with Crippen LogP contribution in [0.4, 0.5) is 10.5 Å². The Morgan fingerprint density at radius 1 is 1.25 bits per heavy atom. The second-order valence-electron chi connectivity index (χ2n) is 3.28. The van der Waals surface area contributed by atoms with E-state index in [2.05, 4.69) is 15.9 Å². The van der Waals surface area contributed by atoms with Gasteiger partial charge in [0.1, 0.15) is 0 Å². The third-order valence-electron chi connectivity index (χ3n) is 2.30. The van der Waals surface area contributed by atoms with Gasteiger partial charge < -0.3 is 0 Å². The summed E-state index contributed by atoms with van der Waals surface area (Å²) >= 11 is 3.29. The molecule has 1 aliphatic rings. The van der Waals surface area contributed by atoms with Crippen molar-refractivity contribution in [1.82, 2.24) is 5.32 Å². The summed E-state index contributed by atoms with van der Waals surface area (Å²) in [7, 11) is 0. The molecule has 0 saturated carbocycles. The Morgan fingerprint density at radius 2 is 1.94 bits per heavy atom. The lowest BCUT2D eigenvalue weighted by Gasteiger charge is -2.14. The predicted molar refractivity (Wildman–Crippen MR) is 59.9 cm³/mol. The number of halogens is 1. The highest BCUT2D eigenvalue weighted by Gasteiger charge is 2.38. The minimum Gasteiger partial charge on any atom is -0.269 e. The Balaban J connectivity index is 2.53. The van der Waals surface area contributed by atoms with Gasteiger partial charge in [-0.25, -0.2) is 9.69 Å². The van der Waals surface area contributed by atoms with Gasteiger partial charge in [-0.05, 0) is 24.6 Å². The molecule has 82 valence electrons. The molecule has 0 atom stereocenters. The molecule has 0 radical (unpaired) electrons. The standard InChI is InChI=1S/C10H7BrN2O3/c1-5-6(11)3-2-4-7(5)13-9(15)8(14)12-10(13)16/h2-4H,1H3,(H,12,14,16). The maximum absolute atomic E-state index is 11.5. The Kier molecular flexibility index (Phi) is 2.51. The van der Waals surface area contributed by atoms with E-state index >= 15 is 0 Å². The first-order valence-corrected chi connectivity index (χ1v) is 5.26. The van der Waals surface area contributed by atoms with E-state index in [9.17, 15) is 14.4 Å². The van der Waals surface area contributed by atoms with Crippen LogP contribution in [0.5, 0.6) is 0 Å². The number of hydrogen-bond donors (Lipinski definition) is 1. The van der Waals surface area contributed by atoms with E-state index in [-0.39, 0.29) is 0 Å². The van der Waals surface area contributed by atoms with E-state index in [4.69, 9.17) is 0 Å². The Labute approximate surface area is 99.5 Å². The number of nitrogens with one attached hydrogen (secondary N) is 1. The highest BCUT2D eigenvalue weighted by Crippen LogP contribution is 2.28. The molecule has 0 aliphatic carbocycles. The van der Waals surface area contributed by atoms with Crippen LogP contribution in [0.25, 0.3) is 0 Å². The molecule has 1 heterocycles. The van der Waals surface area contributed by atoms with Crippen molar-refractivity contribution in [2.45, 2.75) is 6.92 Å². The zero-order chi connectivity index (χ0) is 11.9. The van der Waals surface area contributed by atoms with Gasteiger partial charge in [-0.3, -0.25) is 14.9 Å². The minimum absolute atomic E-state index is 0.405. The lowest BCUT2D eigenvalue weighted by Crippen LogP contribution is -2.31. The molecule has 0 spiro atoms. The summed E-state index contributed by atoms with van der Waals surface area (Å²) in [6, 6.07) is 4.38. The lowest BCUT2D eigenvalue weighted by molar-refractivity contribution is -0.134. The van der Waals surface area contributed by atoms with Gasteiger partial charge in [0.2, 0.25) is 0 Å². The van der Waals surface area contributed by atoms with Crippen LogP contribution in [0, 0.1) is 6.92 Å². The van der Waals surface area contributed by atoms with Gasteiger partial charge in [0.15, 0.2) is 0 Å². The van der Waals surface area contributed by atoms with Crippen molar-refractivity contribution in [1.29, 1.82) is 0 Å². The average Bonchev–Trinajstić information content (AvgIpc) is 2.47. The summed E-state index contributed by atoms with van der Waals surface area (Å²) in [5.74, 6) is -1.75. The van der Waals surface area contributed by atoms with E-state index in [1.807, 2.05) is 5.32 Å². The number of benzene rings is 1. The maximum Gasteiger partial charge on any atom is 0.336 e. The number of imide groups is 2. The van der Waals surface area contributed by atoms with Crippen LogP contribution in [-0.4, -0.2) is 17.8 Å². The topological polar surface area (TPSA) is 66.5 Å². The van der Waals surface area contributed by atoms with Crippen molar-refractivity contribution in [2.75, 3.05) is 4.90 Å².